The molecule has 0 saturated heterocycles. The summed E-state index contributed by atoms with van der Waals surface area (Å²) in [6.07, 6.45) is 3.36. The van der Waals surface area contributed by atoms with Gasteiger partial charge in [-0.05, 0) is 42.3 Å². The molecule has 0 saturated carbocycles. The number of para-hydroxylation sites is 1. The van der Waals surface area contributed by atoms with Crippen molar-refractivity contribution in [2.24, 2.45) is 0 Å². The summed E-state index contributed by atoms with van der Waals surface area (Å²) < 4.78 is 12.2. The third kappa shape index (κ3) is 3.85. The molecule has 33 heavy (non-hydrogen) atoms. The molecule has 0 radical (unpaired) electrons. The van der Waals surface area contributed by atoms with Crippen molar-refractivity contribution in [3.63, 3.8) is 0 Å². The van der Waals surface area contributed by atoms with E-state index in [-0.39, 0.29) is 17.7 Å². The van der Waals surface area contributed by atoms with Gasteiger partial charge >= 0.3 is 0 Å². The Morgan fingerprint density at radius 1 is 1.15 bits per heavy atom. The Labute approximate surface area is 192 Å². The van der Waals surface area contributed by atoms with E-state index in [1.54, 1.807) is 49.8 Å². The minimum Gasteiger partial charge on any atom is -0.494 e. The molecule has 2 aromatic carbocycles. The van der Waals surface area contributed by atoms with Crippen molar-refractivity contribution < 1.29 is 13.9 Å². The van der Waals surface area contributed by atoms with E-state index in [2.05, 4.69) is 4.98 Å². The maximum absolute atomic E-state index is 13.7. The molecule has 3 heterocycles. The fourth-order valence-electron chi connectivity index (χ4n) is 3.62. The zero-order valence-corrected chi connectivity index (χ0v) is 18.8. The van der Waals surface area contributed by atoms with Crippen LogP contribution in [0.25, 0.3) is 21.2 Å². The first-order valence-corrected chi connectivity index (χ1v) is 11.0. The first-order valence-electron chi connectivity index (χ1n) is 10.2. The number of ether oxygens (including phenoxy) is 1. The van der Waals surface area contributed by atoms with Gasteiger partial charge in [0.05, 0.1) is 23.7 Å². The number of pyridine rings is 1. The molecule has 0 unspecified atom stereocenters. The van der Waals surface area contributed by atoms with Gasteiger partial charge in [-0.3, -0.25) is 19.5 Å². The van der Waals surface area contributed by atoms with Gasteiger partial charge in [0.1, 0.15) is 16.8 Å². The number of anilines is 1. The lowest BCUT2D eigenvalue weighted by Crippen LogP contribution is -2.31. The molecule has 7 nitrogen and oxygen atoms in total. The SMILES string of the molecule is COc1ccc(C)c2sc(N(Cc3cccnc3)C(=O)c3cc(=O)c4ccccc4o3)nc12. The summed E-state index contributed by atoms with van der Waals surface area (Å²) in [6.45, 7) is 2.20. The molecule has 0 N–H and O–H groups in total. The summed E-state index contributed by atoms with van der Waals surface area (Å²) in [5, 5.41) is 0.899. The van der Waals surface area contributed by atoms with Crippen LogP contribution in [0.2, 0.25) is 0 Å². The lowest BCUT2D eigenvalue weighted by molar-refractivity contribution is 0.0959. The predicted molar refractivity (Wildman–Crippen MR) is 128 cm³/mol. The van der Waals surface area contributed by atoms with E-state index in [0.717, 1.165) is 15.8 Å². The molecule has 5 aromatic rings. The number of hydrogen-bond donors (Lipinski definition) is 0. The van der Waals surface area contributed by atoms with Crippen LogP contribution in [0.15, 0.2) is 76.2 Å². The Balaban J connectivity index is 1.65. The predicted octanol–water partition coefficient (Wildman–Crippen LogP) is 4.96. The Hall–Kier alpha value is -4.04. The first kappa shape index (κ1) is 20.8. The highest BCUT2D eigenvalue weighted by Crippen LogP contribution is 2.37. The van der Waals surface area contributed by atoms with Crippen LogP contribution in [0.4, 0.5) is 5.13 Å². The van der Waals surface area contributed by atoms with Crippen molar-refractivity contribution in [3.05, 3.63) is 94.1 Å². The lowest BCUT2D eigenvalue weighted by atomic mass is 10.2. The normalized spacial score (nSPS) is 11.1. The molecular weight excluding hydrogens is 438 g/mol. The maximum atomic E-state index is 13.7. The number of nitrogens with zero attached hydrogens (tertiary/aromatic N) is 3. The third-order valence-corrected chi connectivity index (χ3v) is 6.51. The number of aromatic nitrogens is 2. The number of rotatable bonds is 5. The van der Waals surface area contributed by atoms with E-state index in [9.17, 15) is 9.59 Å². The number of carbonyl (C=O) groups is 1. The number of fused-ring (bicyclic) bond motifs is 2. The summed E-state index contributed by atoms with van der Waals surface area (Å²) in [5.41, 5.74) is 2.61. The monoisotopic (exact) mass is 457 g/mol. The van der Waals surface area contributed by atoms with Crippen molar-refractivity contribution in [2.45, 2.75) is 13.5 Å². The number of thiazole rings is 1. The number of carbonyl (C=O) groups excluding carboxylic acids is 1. The van der Waals surface area contributed by atoms with Crippen LogP contribution in [-0.2, 0) is 6.54 Å². The second-order valence-corrected chi connectivity index (χ2v) is 8.46. The summed E-state index contributed by atoms with van der Waals surface area (Å²) in [6, 6.07) is 15.6. The van der Waals surface area contributed by atoms with Gasteiger partial charge in [0.2, 0.25) is 0 Å². The average Bonchev–Trinajstić information content (AvgIpc) is 3.29. The number of aryl methyl sites for hydroxylation is 1. The quantitative estimate of drug-likeness (QED) is 0.371. The number of benzene rings is 2. The van der Waals surface area contributed by atoms with E-state index in [0.29, 0.717) is 27.4 Å². The highest BCUT2D eigenvalue weighted by Gasteiger charge is 2.26. The number of hydrogen-bond acceptors (Lipinski definition) is 7. The summed E-state index contributed by atoms with van der Waals surface area (Å²) in [5.74, 6) is 0.118. The molecular formula is C25H19N3O4S. The smallest absolute Gasteiger partial charge is 0.296 e. The second kappa shape index (κ2) is 8.48. The van der Waals surface area contributed by atoms with E-state index in [1.807, 2.05) is 25.1 Å². The highest BCUT2D eigenvalue weighted by molar-refractivity contribution is 7.22. The van der Waals surface area contributed by atoms with Crippen molar-refractivity contribution >= 4 is 43.6 Å². The van der Waals surface area contributed by atoms with Crippen molar-refractivity contribution in [1.29, 1.82) is 0 Å². The standard InChI is InChI=1S/C25H19N3O4S/c1-15-9-10-20(31-2)22-23(15)33-25(27-22)28(14-16-6-5-11-26-13-16)24(30)21-12-18(29)17-7-3-4-8-19(17)32-21/h3-13H,14H2,1-2H3. The minimum atomic E-state index is -0.461. The van der Waals surface area contributed by atoms with Crippen LogP contribution in [-0.4, -0.2) is 23.0 Å². The van der Waals surface area contributed by atoms with Crippen molar-refractivity contribution in [1.82, 2.24) is 9.97 Å². The molecule has 0 fully saturated rings. The first-order chi connectivity index (χ1) is 16.0. The fourth-order valence-corrected chi connectivity index (χ4v) is 4.67. The van der Waals surface area contributed by atoms with Crippen molar-refractivity contribution in [2.75, 3.05) is 12.0 Å². The molecule has 164 valence electrons. The van der Waals surface area contributed by atoms with Gasteiger partial charge in [-0.1, -0.05) is 35.6 Å². The van der Waals surface area contributed by atoms with Crippen LogP contribution >= 0.6 is 11.3 Å². The van der Waals surface area contributed by atoms with Crippen LogP contribution in [0, 0.1) is 6.92 Å². The van der Waals surface area contributed by atoms with E-state index < -0.39 is 5.91 Å². The largest absolute Gasteiger partial charge is 0.494 e. The Morgan fingerprint density at radius 3 is 2.79 bits per heavy atom. The lowest BCUT2D eigenvalue weighted by Gasteiger charge is -2.19. The molecule has 0 atom stereocenters. The van der Waals surface area contributed by atoms with Crippen LogP contribution < -0.4 is 15.1 Å². The van der Waals surface area contributed by atoms with E-state index >= 15 is 0 Å². The molecule has 5 rings (SSSR count). The number of methoxy groups -OCH3 is 1. The van der Waals surface area contributed by atoms with Gasteiger partial charge in [-0.2, -0.15) is 0 Å². The van der Waals surface area contributed by atoms with Gasteiger partial charge in [0.15, 0.2) is 16.3 Å². The molecule has 1 amide bonds. The Kier molecular flexibility index (Phi) is 5.35. The molecule has 0 aliphatic rings. The molecule has 0 aliphatic carbocycles. The van der Waals surface area contributed by atoms with Crippen molar-refractivity contribution in [3.8, 4) is 5.75 Å². The number of amides is 1. The molecule has 0 spiro atoms. The van der Waals surface area contributed by atoms with E-state index in [4.69, 9.17) is 14.1 Å². The minimum absolute atomic E-state index is 0.0504. The molecule has 8 heteroatoms. The molecule has 0 aliphatic heterocycles. The molecule has 3 aromatic heterocycles. The summed E-state index contributed by atoms with van der Waals surface area (Å²) >= 11 is 1.39. The summed E-state index contributed by atoms with van der Waals surface area (Å²) in [7, 11) is 1.59. The third-order valence-electron chi connectivity index (χ3n) is 5.30. The van der Waals surface area contributed by atoms with Gasteiger partial charge in [0, 0.05) is 18.5 Å². The molecule has 0 bridgehead atoms. The van der Waals surface area contributed by atoms with Gasteiger partial charge in [-0.25, -0.2) is 4.98 Å². The van der Waals surface area contributed by atoms with Gasteiger partial charge < -0.3 is 9.15 Å². The zero-order valence-electron chi connectivity index (χ0n) is 17.9. The van der Waals surface area contributed by atoms with Crippen LogP contribution in [0.5, 0.6) is 5.75 Å². The zero-order chi connectivity index (χ0) is 22.9. The Bertz CT molecular complexity index is 1540. The van der Waals surface area contributed by atoms with Gasteiger partial charge in [0.25, 0.3) is 5.91 Å². The Morgan fingerprint density at radius 2 is 2.00 bits per heavy atom. The fraction of sp³-hybridized carbons (Fsp3) is 0.120. The summed E-state index contributed by atoms with van der Waals surface area (Å²) in [4.78, 5) is 36.7. The topological polar surface area (TPSA) is 85.5 Å². The highest BCUT2D eigenvalue weighted by atomic mass is 32.1. The van der Waals surface area contributed by atoms with E-state index in [1.165, 1.54) is 22.3 Å². The van der Waals surface area contributed by atoms with Gasteiger partial charge in [-0.15, -0.1) is 0 Å². The maximum Gasteiger partial charge on any atom is 0.296 e. The average molecular weight is 458 g/mol. The van der Waals surface area contributed by atoms with Crippen LogP contribution in [0.1, 0.15) is 21.7 Å². The van der Waals surface area contributed by atoms with Crippen LogP contribution in [0.3, 0.4) is 0 Å². The second-order valence-electron chi connectivity index (χ2n) is 7.48.